The first-order chi connectivity index (χ1) is 14.1. The minimum atomic E-state index is -0.512. The number of carbonyl (C=O) groups is 1. The van der Waals surface area contributed by atoms with Gasteiger partial charge in [0.2, 0.25) is 0 Å². The molecule has 0 aromatic carbocycles. The number of unbranched alkanes of at least 4 members (excludes halogenated alkanes) is 1. The van der Waals surface area contributed by atoms with Gasteiger partial charge in [-0.3, -0.25) is 9.67 Å². The zero-order valence-corrected chi connectivity index (χ0v) is 20.0. The Labute approximate surface area is 181 Å². The zero-order valence-electron chi connectivity index (χ0n) is 20.0. The molecule has 172 valence electrons. The number of amides is 1. The van der Waals surface area contributed by atoms with Crippen molar-refractivity contribution in [1.29, 1.82) is 0 Å². The van der Waals surface area contributed by atoms with Crippen LogP contribution >= 0.6 is 0 Å². The monoisotopic (exact) mass is 423 g/mol. The van der Waals surface area contributed by atoms with Gasteiger partial charge >= 0.3 is 6.09 Å². The van der Waals surface area contributed by atoms with Crippen LogP contribution in [0.4, 0.5) is 4.79 Å². The van der Waals surface area contributed by atoms with E-state index in [0.717, 1.165) is 24.8 Å². The second-order valence-electron chi connectivity index (χ2n) is 8.75. The third-order valence-corrected chi connectivity index (χ3v) is 4.56. The molecule has 2 unspecified atom stereocenters. The van der Waals surface area contributed by atoms with Gasteiger partial charge in [-0.15, -0.1) is 0 Å². The Morgan fingerprint density at radius 2 is 2.00 bits per heavy atom. The number of hydrogen-bond acceptors (Lipinski definition) is 5. The normalized spacial score (nSPS) is 14.4. The Morgan fingerprint density at radius 3 is 2.50 bits per heavy atom. The quantitative estimate of drug-likeness (QED) is 0.395. The fourth-order valence-electron chi connectivity index (χ4n) is 2.99. The molecule has 9 nitrogen and oxygen atoms in total. The number of nitrogens with one attached hydrogen (secondary N) is 3. The van der Waals surface area contributed by atoms with Crippen molar-refractivity contribution in [2.45, 2.75) is 64.6 Å². The molecule has 3 N–H and O–H groups in total. The predicted molar refractivity (Wildman–Crippen MR) is 122 cm³/mol. The molecule has 1 aromatic heterocycles. The van der Waals surface area contributed by atoms with E-state index in [1.807, 2.05) is 59.0 Å². The molecule has 0 bridgehead atoms. The number of alkyl carbamates (subject to hydrolysis) is 1. The SMILES string of the molecule is CCCCC(CNC(=O)OC(C)(C)C)NC(=NC)NCC(c1cnn(C)c1)N(C)C. The first-order valence-electron chi connectivity index (χ1n) is 10.6. The van der Waals surface area contributed by atoms with E-state index in [1.165, 1.54) is 0 Å². The Kier molecular flexibility index (Phi) is 10.7. The maximum absolute atomic E-state index is 12.0. The second-order valence-corrected chi connectivity index (χ2v) is 8.75. The van der Waals surface area contributed by atoms with Gasteiger partial charge in [0.15, 0.2) is 5.96 Å². The van der Waals surface area contributed by atoms with E-state index in [4.69, 9.17) is 4.74 Å². The molecule has 0 spiro atoms. The van der Waals surface area contributed by atoms with Crippen molar-refractivity contribution in [1.82, 2.24) is 30.6 Å². The van der Waals surface area contributed by atoms with Crippen LogP contribution in [-0.2, 0) is 11.8 Å². The first-order valence-corrected chi connectivity index (χ1v) is 10.6. The number of rotatable bonds is 10. The van der Waals surface area contributed by atoms with Crippen molar-refractivity contribution in [2.75, 3.05) is 34.2 Å². The largest absolute Gasteiger partial charge is 0.444 e. The number of nitrogens with zero attached hydrogens (tertiary/aromatic N) is 4. The summed E-state index contributed by atoms with van der Waals surface area (Å²) in [6.45, 7) is 8.87. The predicted octanol–water partition coefficient (Wildman–Crippen LogP) is 2.27. The number of aryl methyl sites for hydroxylation is 1. The molecule has 1 rings (SSSR count). The van der Waals surface area contributed by atoms with E-state index in [1.54, 1.807) is 7.05 Å². The van der Waals surface area contributed by atoms with Gasteiger partial charge in [0.05, 0.1) is 12.2 Å². The minimum absolute atomic E-state index is 0.0554. The van der Waals surface area contributed by atoms with Gasteiger partial charge in [-0.1, -0.05) is 19.8 Å². The van der Waals surface area contributed by atoms with Gasteiger partial charge in [0, 0.05) is 45.0 Å². The minimum Gasteiger partial charge on any atom is -0.444 e. The van der Waals surface area contributed by atoms with Crippen LogP contribution < -0.4 is 16.0 Å². The highest BCUT2D eigenvalue weighted by Gasteiger charge is 2.19. The Balaban J connectivity index is 2.67. The fraction of sp³-hybridized carbons (Fsp3) is 0.762. The van der Waals surface area contributed by atoms with E-state index < -0.39 is 11.7 Å². The van der Waals surface area contributed by atoms with Crippen molar-refractivity contribution in [3.05, 3.63) is 18.0 Å². The highest BCUT2D eigenvalue weighted by molar-refractivity contribution is 5.80. The highest BCUT2D eigenvalue weighted by Crippen LogP contribution is 2.16. The molecule has 0 saturated heterocycles. The molecule has 0 fully saturated rings. The molecule has 1 amide bonds. The van der Waals surface area contributed by atoms with E-state index in [-0.39, 0.29) is 12.1 Å². The van der Waals surface area contributed by atoms with Crippen LogP contribution in [0.5, 0.6) is 0 Å². The summed E-state index contributed by atoms with van der Waals surface area (Å²) in [5.41, 5.74) is 0.626. The number of aliphatic imine (C=N–C) groups is 1. The molecule has 0 aliphatic heterocycles. The van der Waals surface area contributed by atoms with Gasteiger partial charge in [-0.25, -0.2) is 4.79 Å². The second kappa shape index (κ2) is 12.4. The van der Waals surface area contributed by atoms with E-state index in [2.05, 4.69) is 37.9 Å². The molecular formula is C21H41N7O2. The summed E-state index contributed by atoms with van der Waals surface area (Å²) in [5, 5.41) is 14.0. The lowest BCUT2D eigenvalue weighted by Gasteiger charge is -2.27. The van der Waals surface area contributed by atoms with Gasteiger partial charge in [-0.2, -0.15) is 5.10 Å². The molecule has 0 aliphatic rings. The topological polar surface area (TPSA) is 95.8 Å². The van der Waals surface area contributed by atoms with Crippen LogP contribution in [0, 0.1) is 0 Å². The maximum Gasteiger partial charge on any atom is 0.407 e. The zero-order chi connectivity index (χ0) is 22.7. The summed E-state index contributed by atoms with van der Waals surface area (Å²) in [5.74, 6) is 0.706. The number of aromatic nitrogens is 2. The van der Waals surface area contributed by atoms with Crippen LogP contribution in [0.15, 0.2) is 17.4 Å². The van der Waals surface area contributed by atoms with Crippen LogP contribution in [0.25, 0.3) is 0 Å². The number of ether oxygens (including phenoxy) is 1. The molecule has 1 aromatic rings. The van der Waals surface area contributed by atoms with Gasteiger partial charge in [-0.05, 0) is 41.3 Å². The lowest BCUT2D eigenvalue weighted by molar-refractivity contribution is 0.0522. The van der Waals surface area contributed by atoms with Crippen molar-refractivity contribution in [3.8, 4) is 0 Å². The molecule has 0 saturated carbocycles. The molecule has 2 atom stereocenters. The Hall–Kier alpha value is -2.29. The van der Waals surface area contributed by atoms with Gasteiger partial charge in [0.25, 0.3) is 0 Å². The highest BCUT2D eigenvalue weighted by atomic mass is 16.6. The fourth-order valence-corrected chi connectivity index (χ4v) is 2.99. The van der Waals surface area contributed by atoms with E-state index >= 15 is 0 Å². The summed E-state index contributed by atoms with van der Waals surface area (Å²) in [6.07, 6.45) is 6.57. The summed E-state index contributed by atoms with van der Waals surface area (Å²) in [7, 11) is 7.76. The van der Waals surface area contributed by atoms with Crippen molar-refractivity contribution >= 4 is 12.1 Å². The molecule has 0 radical (unpaired) electrons. The van der Waals surface area contributed by atoms with Crippen molar-refractivity contribution < 1.29 is 9.53 Å². The first kappa shape index (κ1) is 25.7. The average molecular weight is 424 g/mol. The van der Waals surface area contributed by atoms with Crippen molar-refractivity contribution in [2.24, 2.45) is 12.0 Å². The van der Waals surface area contributed by atoms with Crippen LogP contribution in [0.2, 0.25) is 0 Å². The van der Waals surface area contributed by atoms with Crippen molar-refractivity contribution in [3.63, 3.8) is 0 Å². The third kappa shape index (κ3) is 9.96. The molecule has 0 aliphatic carbocycles. The summed E-state index contributed by atoms with van der Waals surface area (Å²) < 4.78 is 7.15. The number of likely N-dealkylation sites (N-methyl/N-ethyl adjacent to an activating group) is 1. The third-order valence-electron chi connectivity index (χ3n) is 4.56. The smallest absolute Gasteiger partial charge is 0.407 e. The summed E-state index contributed by atoms with van der Waals surface area (Å²) in [4.78, 5) is 18.5. The standard InChI is InChI=1S/C21H41N7O2/c1-9-10-11-17(13-24-20(29)30-21(2,3)4)26-19(22-5)23-14-18(27(6)7)16-12-25-28(8)15-16/h12,15,17-18H,9-11,13-14H2,1-8H3,(H,24,29)(H2,22,23,26). The lowest BCUT2D eigenvalue weighted by Crippen LogP contribution is -2.50. The van der Waals surface area contributed by atoms with Crippen LogP contribution in [0.1, 0.15) is 58.6 Å². The Morgan fingerprint density at radius 1 is 1.30 bits per heavy atom. The summed E-state index contributed by atoms with van der Waals surface area (Å²) in [6, 6.07) is 0.214. The van der Waals surface area contributed by atoms with Crippen LogP contribution in [0.3, 0.4) is 0 Å². The van der Waals surface area contributed by atoms with E-state index in [9.17, 15) is 4.79 Å². The molecule has 9 heteroatoms. The van der Waals surface area contributed by atoms with Gasteiger partial charge in [0.1, 0.15) is 5.60 Å². The number of carbonyl (C=O) groups excluding carboxylic acids is 1. The average Bonchev–Trinajstić information content (AvgIpc) is 3.06. The lowest BCUT2D eigenvalue weighted by atomic mass is 10.1. The Bertz CT molecular complexity index is 665. The number of guanidine groups is 1. The van der Waals surface area contributed by atoms with E-state index in [0.29, 0.717) is 19.0 Å². The van der Waals surface area contributed by atoms with Crippen LogP contribution in [-0.4, -0.2) is 72.6 Å². The molecule has 30 heavy (non-hydrogen) atoms. The van der Waals surface area contributed by atoms with Gasteiger partial charge < -0.3 is 25.6 Å². The maximum atomic E-state index is 12.0. The number of hydrogen-bond donors (Lipinski definition) is 3. The summed E-state index contributed by atoms with van der Waals surface area (Å²) >= 11 is 0. The molecule has 1 heterocycles. The molecular weight excluding hydrogens is 382 g/mol.